The molecule has 0 bridgehead atoms. The van der Waals surface area contributed by atoms with Crippen molar-refractivity contribution < 1.29 is 18.8 Å². The topological polar surface area (TPSA) is 145 Å². The first-order valence-corrected chi connectivity index (χ1v) is 12.9. The van der Waals surface area contributed by atoms with E-state index >= 15 is 0 Å². The largest absolute Gasteiger partial charge is 0.464 e. The monoisotopic (exact) mass is 529 g/mol. The Morgan fingerprint density at radius 3 is 2.53 bits per heavy atom. The lowest BCUT2D eigenvalue weighted by Gasteiger charge is -2.32. The summed E-state index contributed by atoms with van der Waals surface area (Å²) in [6.45, 7) is 1.75. The van der Waals surface area contributed by atoms with Gasteiger partial charge in [0.15, 0.2) is 11.7 Å². The zero-order chi connectivity index (χ0) is 25.8. The fourth-order valence-electron chi connectivity index (χ4n) is 4.40. The summed E-state index contributed by atoms with van der Waals surface area (Å²) in [7, 11) is 0. The van der Waals surface area contributed by atoms with Crippen LogP contribution in [0.3, 0.4) is 0 Å². The minimum Gasteiger partial charge on any atom is -0.464 e. The molecular formula is C25H28ClN5O4S. The van der Waals surface area contributed by atoms with E-state index in [1.165, 1.54) is 4.90 Å². The maximum Gasteiger partial charge on any atom is 0.270 e. The molecule has 0 spiro atoms. The van der Waals surface area contributed by atoms with Crippen LogP contribution in [0.5, 0.6) is 0 Å². The summed E-state index contributed by atoms with van der Waals surface area (Å²) < 4.78 is 9.82. The van der Waals surface area contributed by atoms with Gasteiger partial charge in [0.1, 0.15) is 16.4 Å². The van der Waals surface area contributed by atoms with Crippen molar-refractivity contribution in [2.24, 2.45) is 5.73 Å². The number of anilines is 1. The van der Waals surface area contributed by atoms with Crippen molar-refractivity contribution in [1.29, 1.82) is 0 Å². The molecule has 1 atom stereocenters. The number of furan rings is 1. The average Bonchev–Trinajstić information content (AvgIpc) is 3.45. The maximum atomic E-state index is 13.9. The molecule has 3 aromatic rings. The molecule has 190 valence electrons. The van der Waals surface area contributed by atoms with E-state index in [-0.39, 0.29) is 34.8 Å². The van der Waals surface area contributed by atoms with Crippen LogP contribution in [-0.2, 0) is 11.3 Å². The number of hydrogen-bond acceptors (Lipinski definition) is 7. The Morgan fingerprint density at radius 2 is 1.92 bits per heavy atom. The van der Waals surface area contributed by atoms with Crippen LogP contribution in [0, 0.1) is 6.92 Å². The van der Waals surface area contributed by atoms with Crippen LogP contribution >= 0.6 is 23.1 Å². The van der Waals surface area contributed by atoms with Crippen LogP contribution in [0.15, 0.2) is 40.8 Å². The van der Waals surface area contributed by atoms with E-state index in [9.17, 15) is 14.4 Å². The number of aromatic nitrogens is 1. The first-order valence-electron chi connectivity index (χ1n) is 11.7. The highest BCUT2D eigenvalue weighted by Gasteiger charge is 2.37. The zero-order valence-electron chi connectivity index (χ0n) is 19.8. The molecule has 1 aliphatic rings. The van der Waals surface area contributed by atoms with Crippen LogP contribution in [0.1, 0.15) is 75.4 Å². The molecule has 1 saturated carbocycles. The number of nitrogen functional groups attached to an aromatic ring is 1. The first-order chi connectivity index (χ1) is 17.3. The van der Waals surface area contributed by atoms with Gasteiger partial charge in [-0.15, -0.1) is 0 Å². The third-order valence-electron chi connectivity index (χ3n) is 6.26. The fraction of sp³-hybridized carbons (Fsp3) is 0.360. The minimum absolute atomic E-state index is 0.00889. The Bertz CT molecular complexity index is 1270. The van der Waals surface area contributed by atoms with Crippen molar-refractivity contribution in [1.82, 2.24) is 14.6 Å². The number of primary amides is 1. The van der Waals surface area contributed by atoms with E-state index in [0.29, 0.717) is 22.1 Å². The van der Waals surface area contributed by atoms with Crippen LogP contribution in [0.4, 0.5) is 5.69 Å². The molecule has 3 amide bonds. The molecule has 2 heterocycles. The Morgan fingerprint density at radius 1 is 1.19 bits per heavy atom. The number of nitrogens with two attached hydrogens (primary N) is 2. The van der Waals surface area contributed by atoms with Gasteiger partial charge in [0.2, 0.25) is 0 Å². The van der Waals surface area contributed by atoms with Gasteiger partial charge in [0.25, 0.3) is 17.7 Å². The number of halogens is 1. The number of amides is 3. The number of benzene rings is 1. The molecule has 2 aromatic heterocycles. The first kappa shape index (κ1) is 25.7. The lowest BCUT2D eigenvalue weighted by molar-refractivity contribution is -0.127. The summed E-state index contributed by atoms with van der Waals surface area (Å²) in [5.74, 6) is -0.891. The number of hydrogen-bond donors (Lipinski definition) is 3. The van der Waals surface area contributed by atoms with Crippen molar-refractivity contribution in [2.45, 2.75) is 57.7 Å². The lowest BCUT2D eigenvalue weighted by Crippen LogP contribution is -2.46. The van der Waals surface area contributed by atoms with Gasteiger partial charge in [-0.25, -0.2) is 0 Å². The number of nitrogens with zero attached hydrogens (tertiary/aromatic N) is 2. The Kier molecular flexibility index (Phi) is 7.95. The summed E-state index contributed by atoms with van der Waals surface area (Å²) in [6, 6.07) is 9.38. The summed E-state index contributed by atoms with van der Waals surface area (Å²) >= 11 is 7.19. The van der Waals surface area contributed by atoms with Gasteiger partial charge in [0, 0.05) is 17.6 Å². The molecule has 9 nitrogen and oxygen atoms in total. The van der Waals surface area contributed by atoms with Gasteiger partial charge in [-0.2, -0.15) is 4.37 Å². The second-order valence-corrected chi connectivity index (χ2v) is 10.0. The highest BCUT2D eigenvalue weighted by Crippen LogP contribution is 2.32. The number of aryl methyl sites for hydroxylation is 1. The van der Waals surface area contributed by atoms with Gasteiger partial charge >= 0.3 is 0 Å². The normalized spacial score (nSPS) is 14.8. The highest BCUT2D eigenvalue weighted by atomic mass is 35.5. The SMILES string of the molecule is Cc1ccc(C(C(=O)NC2CCCCC2)N(Cc2ccccc2Cl)C(=O)c2snc(C(N)=O)c2N)o1. The summed E-state index contributed by atoms with van der Waals surface area (Å²) in [4.78, 5) is 40.8. The molecule has 1 unspecified atom stereocenters. The van der Waals surface area contributed by atoms with Crippen LogP contribution in [0.25, 0.3) is 0 Å². The van der Waals surface area contributed by atoms with Crippen molar-refractivity contribution in [2.75, 3.05) is 5.73 Å². The van der Waals surface area contributed by atoms with Gasteiger partial charge in [-0.3, -0.25) is 14.4 Å². The third-order valence-corrected chi connectivity index (χ3v) is 7.48. The molecule has 5 N–H and O–H groups in total. The van der Waals surface area contributed by atoms with E-state index in [2.05, 4.69) is 9.69 Å². The summed E-state index contributed by atoms with van der Waals surface area (Å²) in [5, 5.41) is 3.55. The maximum absolute atomic E-state index is 13.9. The molecular weight excluding hydrogens is 502 g/mol. The van der Waals surface area contributed by atoms with Gasteiger partial charge in [-0.1, -0.05) is 49.1 Å². The highest BCUT2D eigenvalue weighted by molar-refractivity contribution is 7.09. The van der Waals surface area contributed by atoms with E-state index in [0.717, 1.165) is 43.6 Å². The molecule has 0 saturated heterocycles. The van der Waals surface area contributed by atoms with E-state index in [1.807, 2.05) is 0 Å². The van der Waals surface area contributed by atoms with E-state index < -0.39 is 17.9 Å². The molecule has 1 fully saturated rings. The number of rotatable bonds is 8. The molecule has 11 heteroatoms. The Hall–Kier alpha value is -3.37. The van der Waals surface area contributed by atoms with Gasteiger partial charge < -0.3 is 26.1 Å². The minimum atomic E-state index is -1.11. The standard InChI is InChI=1S/C25H28ClN5O4S/c1-14-11-12-18(35-14)21(24(33)29-16-8-3-2-4-9-16)31(13-15-7-5-6-10-17(15)26)25(34)22-19(27)20(23(28)32)30-36-22/h5-7,10-12,16,21H,2-4,8-9,13,27H2,1H3,(H2,28,32)(H,29,33). The molecule has 4 rings (SSSR count). The van der Waals surface area contributed by atoms with E-state index in [1.54, 1.807) is 43.3 Å². The number of nitrogens with one attached hydrogen (secondary N) is 1. The van der Waals surface area contributed by atoms with Crippen LogP contribution < -0.4 is 16.8 Å². The van der Waals surface area contributed by atoms with E-state index in [4.69, 9.17) is 27.5 Å². The van der Waals surface area contributed by atoms with Gasteiger partial charge in [-0.05, 0) is 55.1 Å². The molecule has 1 aromatic carbocycles. The summed E-state index contributed by atoms with van der Waals surface area (Å²) in [5.41, 5.74) is 11.8. The Labute approximate surface area is 217 Å². The van der Waals surface area contributed by atoms with Crippen molar-refractivity contribution in [3.8, 4) is 0 Å². The van der Waals surface area contributed by atoms with Crippen molar-refractivity contribution in [3.63, 3.8) is 0 Å². The van der Waals surface area contributed by atoms with Gasteiger partial charge in [0.05, 0.1) is 5.69 Å². The molecule has 1 aliphatic carbocycles. The zero-order valence-corrected chi connectivity index (χ0v) is 21.4. The van der Waals surface area contributed by atoms with Crippen LogP contribution in [0.2, 0.25) is 5.02 Å². The summed E-state index contributed by atoms with van der Waals surface area (Å²) in [6.07, 6.45) is 4.95. The quantitative estimate of drug-likeness (QED) is 0.398. The smallest absolute Gasteiger partial charge is 0.270 e. The number of carbonyl (C=O) groups excluding carboxylic acids is 3. The average molecular weight is 530 g/mol. The Balaban J connectivity index is 1.78. The van der Waals surface area contributed by atoms with Crippen molar-refractivity contribution >= 4 is 46.5 Å². The van der Waals surface area contributed by atoms with Crippen molar-refractivity contribution in [3.05, 3.63) is 69.1 Å². The molecule has 0 radical (unpaired) electrons. The fourth-order valence-corrected chi connectivity index (χ4v) is 5.36. The predicted molar refractivity (Wildman–Crippen MR) is 138 cm³/mol. The lowest BCUT2D eigenvalue weighted by atomic mass is 9.95. The number of carbonyl (C=O) groups is 3. The second-order valence-electron chi connectivity index (χ2n) is 8.86. The molecule has 0 aliphatic heterocycles. The van der Waals surface area contributed by atoms with Crippen LogP contribution in [-0.4, -0.2) is 33.0 Å². The molecule has 36 heavy (non-hydrogen) atoms. The predicted octanol–water partition coefficient (Wildman–Crippen LogP) is 4.21. The second kappa shape index (κ2) is 11.1. The third kappa shape index (κ3) is 5.55.